The van der Waals surface area contributed by atoms with Gasteiger partial charge in [0, 0.05) is 12.4 Å². The van der Waals surface area contributed by atoms with Crippen LogP contribution in [-0.2, 0) is 16.7 Å². The highest BCUT2D eigenvalue weighted by atomic mass is 16.7. The first-order valence-electron chi connectivity index (χ1n) is 5.15. The van der Waals surface area contributed by atoms with Crippen molar-refractivity contribution in [3.63, 3.8) is 0 Å². The number of carboxylic acids is 1. The van der Waals surface area contributed by atoms with E-state index in [9.17, 15) is 9.59 Å². The zero-order chi connectivity index (χ0) is 13.1. The smallest absolute Gasteiger partial charge is 0.332 e. The number of nitrogens with one attached hydrogen (secondary N) is 1. The van der Waals surface area contributed by atoms with Gasteiger partial charge in [0.1, 0.15) is 0 Å². The van der Waals surface area contributed by atoms with Crippen LogP contribution in [0, 0.1) is 0 Å². The Balaban J connectivity index is 2.20. The maximum atomic E-state index is 11.7. The third-order valence-electron chi connectivity index (χ3n) is 2.33. The van der Waals surface area contributed by atoms with Gasteiger partial charge in [0.15, 0.2) is 12.3 Å². The minimum Gasteiger partial charge on any atom is -0.479 e. The molecule has 0 saturated heterocycles. The third kappa shape index (κ3) is 2.30. The number of amides is 1. The van der Waals surface area contributed by atoms with Crippen molar-refractivity contribution in [2.75, 3.05) is 6.61 Å². The normalized spacial score (nSPS) is 10.5. The van der Waals surface area contributed by atoms with Crippen molar-refractivity contribution in [1.29, 1.82) is 0 Å². The fourth-order valence-electron chi connectivity index (χ4n) is 1.59. The van der Waals surface area contributed by atoms with E-state index in [2.05, 4.69) is 9.94 Å². The van der Waals surface area contributed by atoms with Crippen molar-refractivity contribution in [2.45, 2.75) is 0 Å². The fraction of sp³-hybridized carbons (Fsp3) is 0.182. The monoisotopic (exact) mass is 249 g/mol. The molecular weight excluding hydrogens is 238 g/mol. The van der Waals surface area contributed by atoms with Gasteiger partial charge >= 0.3 is 5.97 Å². The summed E-state index contributed by atoms with van der Waals surface area (Å²) >= 11 is 0. The predicted octanol–water partition coefficient (Wildman–Crippen LogP) is 0.319. The van der Waals surface area contributed by atoms with Crippen LogP contribution in [-0.4, -0.2) is 33.4 Å². The topological polar surface area (TPSA) is 93.5 Å². The van der Waals surface area contributed by atoms with E-state index < -0.39 is 18.5 Å². The largest absolute Gasteiger partial charge is 0.479 e. The van der Waals surface area contributed by atoms with E-state index in [0.29, 0.717) is 5.39 Å². The van der Waals surface area contributed by atoms with Gasteiger partial charge in [-0.2, -0.15) is 5.10 Å². The number of para-hydroxylation sites is 1. The third-order valence-corrected chi connectivity index (χ3v) is 2.33. The number of carboxylic acid groups (broad SMARTS) is 1. The number of nitrogens with zero attached hydrogens (tertiary/aromatic N) is 2. The molecule has 1 aromatic carbocycles. The van der Waals surface area contributed by atoms with E-state index in [1.54, 1.807) is 23.9 Å². The second kappa shape index (κ2) is 4.84. The van der Waals surface area contributed by atoms with Gasteiger partial charge in [0.05, 0.1) is 5.52 Å². The lowest BCUT2D eigenvalue weighted by molar-refractivity contribution is -0.144. The van der Waals surface area contributed by atoms with Crippen LogP contribution in [0.5, 0.6) is 0 Å². The number of carbonyl (C=O) groups excluding carboxylic acids is 1. The lowest BCUT2D eigenvalue weighted by atomic mass is 10.2. The minimum atomic E-state index is -1.17. The molecule has 0 fully saturated rings. The molecule has 0 aliphatic carbocycles. The van der Waals surface area contributed by atoms with Crippen LogP contribution in [0.4, 0.5) is 0 Å². The van der Waals surface area contributed by atoms with Crippen LogP contribution in [0.3, 0.4) is 0 Å². The fourth-order valence-corrected chi connectivity index (χ4v) is 1.59. The number of aryl methyl sites for hydroxylation is 1. The molecule has 0 bridgehead atoms. The van der Waals surface area contributed by atoms with Crippen LogP contribution in [0.15, 0.2) is 24.3 Å². The van der Waals surface area contributed by atoms with Gasteiger partial charge in [-0.05, 0) is 6.07 Å². The molecule has 0 atom stereocenters. The van der Waals surface area contributed by atoms with Gasteiger partial charge in [-0.3, -0.25) is 14.3 Å². The maximum Gasteiger partial charge on any atom is 0.332 e. The molecule has 18 heavy (non-hydrogen) atoms. The van der Waals surface area contributed by atoms with Crippen molar-refractivity contribution in [3.8, 4) is 0 Å². The van der Waals surface area contributed by atoms with E-state index in [4.69, 9.17) is 5.11 Å². The van der Waals surface area contributed by atoms with Crippen LogP contribution in [0.1, 0.15) is 10.5 Å². The summed E-state index contributed by atoms with van der Waals surface area (Å²) < 4.78 is 1.57. The second-order valence-corrected chi connectivity index (χ2v) is 3.60. The van der Waals surface area contributed by atoms with E-state index in [1.807, 2.05) is 17.6 Å². The molecule has 1 amide bonds. The molecule has 2 N–H and O–H groups in total. The number of hydrogen-bond acceptors (Lipinski definition) is 4. The molecule has 0 aliphatic rings. The summed E-state index contributed by atoms with van der Waals surface area (Å²) in [6.07, 6.45) is 0. The Morgan fingerprint density at radius 1 is 1.44 bits per heavy atom. The molecule has 2 aromatic rings. The molecule has 0 saturated carbocycles. The van der Waals surface area contributed by atoms with Gasteiger partial charge < -0.3 is 5.11 Å². The Morgan fingerprint density at radius 3 is 2.89 bits per heavy atom. The molecule has 1 heterocycles. The van der Waals surface area contributed by atoms with Gasteiger partial charge in [0.25, 0.3) is 5.91 Å². The molecule has 2 rings (SSSR count). The summed E-state index contributed by atoms with van der Waals surface area (Å²) in [5.74, 6) is -1.74. The van der Waals surface area contributed by atoms with E-state index >= 15 is 0 Å². The molecule has 0 unspecified atom stereocenters. The average Bonchev–Trinajstić information content (AvgIpc) is 2.67. The first-order chi connectivity index (χ1) is 8.59. The first-order valence-corrected chi connectivity index (χ1v) is 5.15. The number of hydrogen-bond donors (Lipinski definition) is 2. The van der Waals surface area contributed by atoms with Crippen LogP contribution in [0.2, 0.25) is 0 Å². The zero-order valence-electron chi connectivity index (χ0n) is 9.58. The summed E-state index contributed by atoms with van der Waals surface area (Å²) in [5.41, 5.74) is 3.04. The number of aliphatic carboxylic acids is 1. The molecule has 7 heteroatoms. The summed E-state index contributed by atoms with van der Waals surface area (Å²) in [6, 6.07) is 7.22. The van der Waals surface area contributed by atoms with E-state index in [0.717, 1.165) is 5.52 Å². The highest BCUT2D eigenvalue weighted by Crippen LogP contribution is 2.16. The molecular formula is C11H11N3O4. The molecule has 0 radical (unpaired) electrons. The summed E-state index contributed by atoms with van der Waals surface area (Å²) in [6.45, 7) is -0.601. The lowest BCUT2D eigenvalue weighted by Gasteiger charge is -2.01. The molecule has 0 spiro atoms. The van der Waals surface area contributed by atoms with Crippen LogP contribution < -0.4 is 5.48 Å². The maximum absolute atomic E-state index is 11.7. The average molecular weight is 249 g/mol. The zero-order valence-corrected chi connectivity index (χ0v) is 9.58. The molecule has 94 valence electrons. The van der Waals surface area contributed by atoms with Gasteiger partial charge in [-0.25, -0.2) is 10.3 Å². The number of aromatic nitrogens is 2. The Morgan fingerprint density at radius 2 is 2.17 bits per heavy atom. The number of fused-ring (bicyclic) bond motifs is 1. The van der Waals surface area contributed by atoms with E-state index in [1.165, 1.54) is 0 Å². The van der Waals surface area contributed by atoms with Gasteiger partial charge in [-0.1, -0.05) is 18.2 Å². The van der Waals surface area contributed by atoms with Crippen molar-refractivity contribution in [2.24, 2.45) is 7.05 Å². The minimum absolute atomic E-state index is 0.193. The standard InChI is InChI=1S/C11H11N3O4/c1-14-8-5-3-2-4-7(8)10(12-14)11(17)13-18-6-9(15)16/h2-5H,6H2,1H3,(H,13,17)(H,15,16). The van der Waals surface area contributed by atoms with Crippen molar-refractivity contribution < 1.29 is 19.5 Å². The summed E-state index contributed by atoms with van der Waals surface area (Å²) in [7, 11) is 1.72. The van der Waals surface area contributed by atoms with Crippen molar-refractivity contribution in [1.82, 2.24) is 15.3 Å². The quantitative estimate of drug-likeness (QED) is 0.761. The number of hydroxylamine groups is 1. The molecule has 0 aliphatic heterocycles. The highest BCUT2D eigenvalue weighted by molar-refractivity contribution is 6.04. The number of carbonyl (C=O) groups is 2. The molecule has 7 nitrogen and oxygen atoms in total. The Kier molecular flexibility index (Phi) is 3.24. The SMILES string of the molecule is Cn1nc(C(=O)NOCC(=O)O)c2ccccc21. The molecule has 1 aromatic heterocycles. The van der Waals surface area contributed by atoms with Crippen LogP contribution >= 0.6 is 0 Å². The lowest BCUT2D eigenvalue weighted by Crippen LogP contribution is -2.27. The second-order valence-electron chi connectivity index (χ2n) is 3.60. The number of rotatable bonds is 4. The Hall–Kier alpha value is -2.41. The summed E-state index contributed by atoms with van der Waals surface area (Å²) in [5, 5.41) is 13.1. The van der Waals surface area contributed by atoms with Gasteiger partial charge in [0.2, 0.25) is 0 Å². The Labute approximate surface area is 102 Å². The van der Waals surface area contributed by atoms with Crippen molar-refractivity contribution in [3.05, 3.63) is 30.0 Å². The van der Waals surface area contributed by atoms with Gasteiger partial charge in [-0.15, -0.1) is 0 Å². The van der Waals surface area contributed by atoms with Crippen LogP contribution in [0.25, 0.3) is 10.9 Å². The highest BCUT2D eigenvalue weighted by Gasteiger charge is 2.15. The predicted molar refractivity (Wildman–Crippen MR) is 61.8 cm³/mol. The van der Waals surface area contributed by atoms with Crippen molar-refractivity contribution >= 4 is 22.8 Å². The van der Waals surface area contributed by atoms with E-state index in [-0.39, 0.29) is 5.69 Å². The number of benzene rings is 1. The summed E-state index contributed by atoms with van der Waals surface area (Å²) in [4.78, 5) is 26.5. The Bertz CT molecular complexity index is 605. The first kappa shape index (κ1) is 12.1.